The van der Waals surface area contributed by atoms with Gasteiger partial charge in [-0.1, -0.05) is 334 Å². The Labute approximate surface area is 504 Å². The molecule has 0 aliphatic rings. The topological polar surface area (TPSA) is 111 Å². The molecule has 480 valence electrons. The molecular formula is C72H139NO8. The highest BCUT2D eigenvalue weighted by atomic mass is 16.7. The monoisotopic (exact) mass is 1150 g/mol. The molecule has 0 radical (unpaired) electrons. The van der Waals surface area contributed by atoms with Crippen molar-refractivity contribution in [3.8, 4) is 0 Å². The first kappa shape index (κ1) is 79.0. The number of hydrogen-bond acceptors (Lipinski definition) is 8. The predicted octanol–water partition coefficient (Wildman–Crippen LogP) is 20.7. The van der Waals surface area contributed by atoms with Crippen LogP contribution in [0.5, 0.6) is 0 Å². The fourth-order valence-electron chi connectivity index (χ4n) is 11.0. The number of carboxylic acids is 1. The molecule has 0 aromatic carbocycles. The van der Waals surface area contributed by atoms with Crippen LogP contribution in [0.1, 0.15) is 373 Å². The van der Waals surface area contributed by atoms with Gasteiger partial charge in [0.1, 0.15) is 13.2 Å². The number of hydrogen-bond donors (Lipinski definition) is 0. The van der Waals surface area contributed by atoms with Crippen LogP contribution < -0.4 is 5.11 Å². The maximum absolute atomic E-state index is 12.9. The molecule has 0 spiro atoms. The fraction of sp³-hybridized carbons (Fsp3) is 0.931. The van der Waals surface area contributed by atoms with Crippen molar-refractivity contribution in [2.45, 2.75) is 386 Å². The highest BCUT2D eigenvalue weighted by Gasteiger charge is 2.22. The lowest BCUT2D eigenvalue weighted by atomic mass is 10.0. The highest BCUT2D eigenvalue weighted by Crippen LogP contribution is 2.19. The molecule has 0 saturated carbocycles. The summed E-state index contributed by atoms with van der Waals surface area (Å²) >= 11 is 0. The van der Waals surface area contributed by atoms with Crippen molar-refractivity contribution in [2.24, 2.45) is 0 Å². The van der Waals surface area contributed by atoms with Crippen molar-refractivity contribution in [3.05, 3.63) is 12.2 Å². The second kappa shape index (κ2) is 64.0. The summed E-state index contributed by atoms with van der Waals surface area (Å²) < 4.78 is 22.8. The van der Waals surface area contributed by atoms with Crippen molar-refractivity contribution in [1.29, 1.82) is 0 Å². The Morgan fingerprint density at radius 2 is 0.630 bits per heavy atom. The standard InChI is InChI=1S/C72H139NO8/c1-6-8-10-12-14-16-18-20-22-24-26-27-28-29-30-31-32-33-34-35-36-37-38-39-40-41-42-43-45-46-48-50-52-54-56-58-60-62-69(74)79-66-68(67-80-72(71(76)77)78-65-64-73(3,4)5)81-70(75)63-61-59-57-55-53-51-49-47-44-25-23-21-19-17-15-13-11-9-7-2/h21,23,68,72H,6-20,22,24-67H2,1-5H3/b23-21-. The van der Waals surface area contributed by atoms with E-state index in [4.69, 9.17) is 18.9 Å². The van der Waals surface area contributed by atoms with Gasteiger partial charge < -0.3 is 33.3 Å². The quantitative estimate of drug-likeness (QED) is 0.0195. The number of carbonyl (C=O) groups excluding carboxylic acids is 3. The van der Waals surface area contributed by atoms with Gasteiger partial charge in [-0.25, -0.2) is 0 Å². The average Bonchev–Trinajstić information content (AvgIpc) is 3.44. The molecule has 9 heteroatoms. The van der Waals surface area contributed by atoms with E-state index >= 15 is 0 Å². The number of carboxylic acid groups (broad SMARTS) is 1. The van der Waals surface area contributed by atoms with Gasteiger partial charge in [0.05, 0.1) is 40.3 Å². The van der Waals surface area contributed by atoms with Crippen LogP contribution in [0.25, 0.3) is 0 Å². The van der Waals surface area contributed by atoms with Crippen LogP contribution in [0.4, 0.5) is 0 Å². The molecule has 2 unspecified atom stereocenters. The number of ether oxygens (including phenoxy) is 4. The highest BCUT2D eigenvalue weighted by molar-refractivity contribution is 5.70. The summed E-state index contributed by atoms with van der Waals surface area (Å²) in [4.78, 5) is 37.4. The third-order valence-electron chi connectivity index (χ3n) is 16.5. The summed E-state index contributed by atoms with van der Waals surface area (Å²) in [7, 11) is 5.94. The van der Waals surface area contributed by atoms with Crippen LogP contribution in [-0.4, -0.2) is 82.3 Å². The number of unbranched alkanes of at least 4 members (excludes halogenated alkanes) is 51. The number of carbonyl (C=O) groups is 3. The van der Waals surface area contributed by atoms with E-state index < -0.39 is 24.3 Å². The van der Waals surface area contributed by atoms with Gasteiger partial charge >= 0.3 is 11.9 Å². The summed E-state index contributed by atoms with van der Waals surface area (Å²) in [5, 5.41) is 11.8. The number of aliphatic carboxylic acids is 1. The lowest BCUT2D eigenvalue weighted by Crippen LogP contribution is -2.44. The Morgan fingerprint density at radius 1 is 0.358 bits per heavy atom. The van der Waals surface area contributed by atoms with Gasteiger partial charge in [-0.2, -0.15) is 0 Å². The Kier molecular flexibility index (Phi) is 62.5. The summed E-state index contributed by atoms with van der Waals surface area (Å²) in [6, 6.07) is 0. The molecule has 2 atom stereocenters. The fourth-order valence-corrected chi connectivity index (χ4v) is 11.0. The Hall–Kier alpha value is -1.97. The van der Waals surface area contributed by atoms with Crippen LogP contribution in [0.3, 0.4) is 0 Å². The molecule has 9 nitrogen and oxygen atoms in total. The molecule has 0 aromatic heterocycles. The second-order valence-electron chi connectivity index (χ2n) is 25.9. The zero-order chi connectivity index (χ0) is 59.1. The lowest BCUT2D eigenvalue weighted by molar-refractivity contribution is -0.870. The van der Waals surface area contributed by atoms with Crippen LogP contribution in [0, 0.1) is 0 Å². The predicted molar refractivity (Wildman–Crippen MR) is 343 cm³/mol. The summed E-state index contributed by atoms with van der Waals surface area (Å²) in [5.74, 6) is -2.26. The zero-order valence-corrected chi connectivity index (χ0v) is 54.9. The van der Waals surface area contributed by atoms with Gasteiger partial charge in [0.2, 0.25) is 0 Å². The van der Waals surface area contributed by atoms with Gasteiger partial charge in [0.15, 0.2) is 12.4 Å². The summed E-state index contributed by atoms with van der Waals surface area (Å²) in [6.45, 7) is 4.82. The third-order valence-corrected chi connectivity index (χ3v) is 16.5. The number of likely N-dealkylation sites (N-methyl/N-ethyl adjacent to an activating group) is 1. The van der Waals surface area contributed by atoms with Crippen molar-refractivity contribution in [2.75, 3.05) is 47.5 Å². The second-order valence-corrected chi connectivity index (χ2v) is 25.9. The van der Waals surface area contributed by atoms with Crippen molar-refractivity contribution >= 4 is 17.9 Å². The number of esters is 2. The first-order valence-electron chi connectivity index (χ1n) is 35.8. The van der Waals surface area contributed by atoms with Crippen molar-refractivity contribution in [3.63, 3.8) is 0 Å². The van der Waals surface area contributed by atoms with Crippen LogP contribution in [0.2, 0.25) is 0 Å². The lowest BCUT2D eigenvalue weighted by Gasteiger charge is -2.26. The molecule has 0 aliphatic carbocycles. The molecule has 0 N–H and O–H groups in total. The SMILES string of the molecule is CCCCCCCC/C=C\CCCCCCCCCCCC(=O)OC(COC(=O)CCCCCCCCCCCCCCCCCCCCCCCCCCCCCCCCCCCCCCC)COC(OCC[N+](C)(C)C)C(=O)[O-]. The molecule has 0 bridgehead atoms. The molecule has 0 aromatic rings. The van der Waals surface area contributed by atoms with Gasteiger partial charge in [-0.15, -0.1) is 0 Å². The number of allylic oxidation sites excluding steroid dienone is 2. The molecule has 0 rings (SSSR count). The van der Waals surface area contributed by atoms with Gasteiger partial charge in [0.25, 0.3) is 0 Å². The van der Waals surface area contributed by atoms with E-state index in [-0.39, 0.29) is 32.2 Å². The summed E-state index contributed by atoms with van der Waals surface area (Å²) in [6.07, 6.45) is 74.6. The van der Waals surface area contributed by atoms with Crippen LogP contribution in [-0.2, 0) is 33.3 Å². The first-order chi connectivity index (χ1) is 39.6. The number of nitrogens with zero attached hydrogens (tertiary/aromatic N) is 1. The van der Waals surface area contributed by atoms with E-state index in [1.807, 2.05) is 21.1 Å². The molecule has 0 fully saturated rings. The van der Waals surface area contributed by atoms with E-state index in [9.17, 15) is 19.5 Å². The molecule has 81 heavy (non-hydrogen) atoms. The number of rotatable bonds is 68. The Bertz CT molecular complexity index is 1330. The largest absolute Gasteiger partial charge is 0.545 e. The van der Waals surface area contributed by atoms with Crippen molar-refractivity contribution in [1.82, 2.24) is 0 Å². The van der Waals surface area contributed by atoms with Crippen LogP contribution >= 0.6 is 0 Å². The smallest absolute Gasteiger partial charge is 0.306 e. The van der Waals surface area contributed by atoms with E-state index in [0.717, 1.165) is 38.5 Å². The molecule has 0 amide bonds. The third kappa shape index (κ3) is 65.4. The van der Waals surface area contributed by atoms with Crippen molar-refractivity contribution < 1.29 is 42.9 Å². The van der Waals surface area contributed by atoms with Gasteiger partial charge in [-0.05, 0) is 38.5 Å². The minimum atomic E-state index is -1.62. The van der Waals surface area contributed by atoms with Gasteiger partial charge in [0, 0.05) is 12.8 Å². The molecule has 0 saturated heterocycles. The normalized spacial score (nSPS) is 12.7. The maximum atomic E-state index is 12.9. The Morgan fingerprint density at radius 3 is 0.914 bits per heavy atom. The van der Waals surface area contributed by atoms with E-state index in [2.05, 4.69) is 26.0 Å². The maximum Gasteiger partial charge on any atom is 0.306 e. The zero-order valence-electron chi connectivity index (χ0n) is 54.9. The van der Waals surface area contributed by atoms with E-state index in [0.29, 0.717) is 23.9 Å². The first-order valence-corrected chi connectivity index (χ1v) is 35.8. The van der Waals surface area contributed by atoms with Gasteiger partial charge in [-0.3, -0.25) is 9.59 Å². The minimum Gasteiger partial charge on any atom is -0.545 e. The Balaban J connectivity index is 3.94. The molecule has 0 heterocycles. The average molecular weight is 1150 g/mol. The van der Waals surface area contributed by atoms with E-state index in [1.54, 1.807) is 0 Å². The van der Waals surface area contributed by atoms with Crippen LogP contribution in [0.15, 0.2) is 12.2 Å². The minimum absolute atomic E-state index is 0.151. The summed E-state index contributed by atoms with van der Waals surface area (Å²) in [5.41, 5.74) is 0. The van der Waals surface area contributed by atoms with E-state index in [1.165, 1.54) is 302 Å². The molecular weight excluding hydrogens is 1010 g/mol. The molecule has 0 aliphatic heterocycles. The number of quaternary nitrogens is 1.